The number of carboxylic acid groups (broad SMARTS) is 1. The summed E-state index contributed by atoms with van der Waals surface area (Å²) in [6, 6.07) is 0.550. The number of nitrogens with zero attached hydrogens (tertiary/aromatic N) is 1. The molecule has 0 radical (unpaired) electrons. The van der Waals surface area contributed by atoms with Crippen molar-refractivity contribution in [3.63, 3.8) is 0 Å². The van der Waals surface area contributed by atoms with E-state index in [1.807, 2.05) is 6.92 Å². The molecule has 0 aromatic rings. The fraction of sp³-hybridized carbons (Fsp3) is 0.944. The normalized spacial score (nSPS) is 33.8. The van der Waals surface area contributed by atoms with Gasteiger partial charge in [-0.1, -0.05) is 34.6 Å². The number of piperidine rings is 1. The SMILES string of the molecule is CCC1(C(=O)O)CCCN(C2CC(C)(C)CC(C)(C)C2)C1. The molecule has 0 aromatic carbocycles. The number of rotatable bonds is 3. The number of aliphatic carboxylic acids is 1. The maximum Gasteiger partial charge on any atom is 0.310 e. The highest BCUT2D eigenvalue weighted by Gasteiger charge is 2.46. The van der Waals surface area contributed by atoms with Gasteiger partial charge in [0.25, 0.3) is 0 Å². The summed E-state index contributed by atoms with van der Waals surface area (Å²) >= 11 is 0. The summed E-state index contributed by atoms with van der Waals surface area (Å²) in [6.07, 6.45) is 6.29. The van der Waals surface area contributed by atoms with Crippen molar-refractivity contribution in [3.8, 4) is 0 Å². The van der Waals surface area contributed by atoms with Crippen molar-refractivity contribution < 1.29 is 9.90 Å². The number of likely N-dealkylation sites (tertiary alicyclic amines) is 1. The van der Waals surface area contributed by atoms with Gasteiger partial charge in [-0.3, -0.25) is 9.69 Å². The van der Waals surface area contributed by atoms with E-state index in [-0.39, 0.29) is 0 Å². The van der Waals surface area contributed by atoms with Crippen molar-refractivity contribution in [3.05, 3.63) is 0 Å². The zero-order valence-electron chi connectivity index (χ0n) is 14.5. The largest absolute Gasteiger partial charge is 0.481 e. The molecule has 0 amide bonds. The summed E-state index contributed by atoms with van der Waals surface area (Å²) in [5.41, 5.74) is 0.216. The molecule has 1 aliphatic heterocycles. The average molecular weight is 295 g/mol. The van der Waals surface area contributed by atoms with Crippen LogP contribution in [0.1, 0.15) is 73.1 Å². The van der Waals surface area contributed by atoms with E-state index in [1.54, 1.807) is 0 Å². The molecule has 1 heterocycles. The summed E-state index contributed by atoms with van der Waals surface area (Å²) in [5, 5.41) is 9.68. The van der Waals surface area contributed by atoms with Crippen LogP contribution in [-0.4, -0.2) is 35.1 Å². The van der Waals surface area contributed by atoms with Gasteiger partial charge in [-0.25, -0.2) is 0 Å². The summed E-state index contributed by atoms with van der Waals surface area (Å²) < 4.78 is 0. The molecule has 21 heavy (non-hydrogen) atoms. The third kappa shape index (κ3) is 3.61. The highest BCUT2D eigenvalue weighted by molar-refractivity contribution is 5.75. The zero-order chi connectivity index (χ0) is 15.9. The second kappa shape index (κ2) is 5.57. The molecule has 1 N–H and O–H groups in total. The molecule has 1 unspecified atom stereocenters. The molecule has 1 saturated carbocycles. The van der Waals surface area contributed by atoms with Crippen molar-refractivity contribution in [1.82, 2.24) is 4.90 Å². The molecule has 2 fully saturated rings. The van der Waals surface area contributed by atoms with Gasteiger partial charge in [-0.2, -0.15) is 0 Å². The Labute approximate surface area is 130 Å². The van der Waals surface area contributed by atoms with Gasteiger partial charge < -0.3 is 5.11 Å². The van der Waals surface area contributed by atoms with Crippen LogP contribution in [-0.2, 0) is 4.79 Å². The lowest BCUT2D eigenvalue weighted by Gasteiger charge is -2.51. The van der Waals surface area contributed by atoms with Gasteiger partial charge >= 0.3 is 5.97 Å². The van der Waals surface area contributed by atoms with Crippen LogP contribution in [0.15, 0.2) is 0 Å². The maximum atomic E-state index is 11.8. The lowest BCUT2D eigenvalue weighted by Crippen LogP contribution is -2.54. The van der Waals surface area contributed by atoms with E-state index in [4.69, 9.17) is 0 Å². The molecule has 1 atom stereocenters. The van der Waals surface area contributed by atoms with Crippen LogP contribution in [0.4, 0.5) is 0 Å². The molecule has 3 nitrogen and oxygen atoms in total. The summed E-state index contributed by atoms with van der Waals surface area (Å²) in [7, 11) is 0. The molecule has 2 aliphatic rings. The first-order valence-electron chi connectivity index (χ1n) is 8.57. The Morgan fingerprint density at radius 1 is 1.19 bits per heavy atom. The van der Waals surface area contributed by atoms with Crippen LogP contribution >= 0.6 is 0 Å². The molecular weight excluding hydrogens is 262 g/mol. The van der Waals surface area contributed by atoms with Crippen LogP contribution in [0.5, 0.6) is 0 Å². The molecule has 0 aromatic heterocycles. The number of hydrogen-bond donors (Lipinski definition) is 1. The van der Waals surface area contributed by atoms with Crippen LogP contribution in [0.2, 0.25) is 0 Å². The standard InChI is InChI=1S/C18H33NO2/c1-6-18(15(20)21)8-7-9-19(13-18)14-10-16(2,3)12-17(4,5)11-14/h14H,6-13H2,1-5H3,(H,20,21). The van der Waals surface area contributed by atoms with Gasteiger partial charge in [-0.15, -0.1) is 0 Å². The van der Waals surface area contributed by atoms with E-state index >= 15 is 0 Å². The van der Waals surface area contributed by atoms with Crippen LogP contribution in [0, 0.1) is 16.2 Å². The van der Waals surface area contributed by atoms with Gasteiger partial charge in [0.05, 0.1) is 5.41 Å². The third-order valence-electron chi connectivity index (χ3n) is 5.79. The quantitative estimate of drug-likeness (QED) is 0.849. The van der Waals surface area contributed by atoms with Gasteiger partial charge in [-0.05, 0) is 55.9 Å². The Hall–Kier alpha value is -0.570. The smallest absolute Gasteiger partial charge is 0.310 e. The zero-order valence-corrected chi connectivity index (χ0v) is 14.5. The predicted octanol–water partition coefficient (Wildman–Crippen LogP) is 4.17. The number of hydrogen-bond acceptors (Lipinski definition) is 2. The van der Waals surface area contributed by atoms with Crippen molar-refractivity contribution >= 4 is 5.97 Å². The van der Waals surface area contributed by atoms with Crippen molar-refractivity contribution in [2.75, 3.05) is 13.1 Å². The molecule has 3 heteroatoms. The molecule has 1 saturated heterocycles. The van der Waals surface area contributed by atoms with Gasteiger partial charge in [0.1, 0.15) is 0 Å². The van der Waals surface area contributed by atoms with Crippen LogP contribution in [0.3, 0.4) is 0 Å². The molecule has 2 rings (SSSR count). The van der Waals surface area contributed by atoms with Crippen LogP contribution < -0.4 is 0 Å². The van der Waals surface area contributed by atoms with Gasteiger partial charge in [0.15, 0.2) is 0 Å². The van der Waals surface area contributed by atoms with E-state index in [9.17, 15) is 9.90 Å². The minimum Gasteiger partial charge on any atom is -0.481 e. The highest BCUT2D eigenvalue weighted by Crippen LogP contribution is 2.48. The van der Waals surface area contributed by atoms with E-state index in [1.165, 1.54) is 19.3 Å². The Kier molecular flexibility index (Phi) is 4.45. The van der Waals surface area contributed by atoms with Crippen LogP contribution in [0.25, 0.3) is 0 Å². The second-order valence-electron chi connectivity index (χ2n) is 9.08. The Morgan fingerprint density at radius 3 is 2.24 bits per heavy atom. The Bertz CT molecular complexity index is 386. The lowest BCUT2D eigenvalue weighted by molar-refractivity contribution is -0.154. The van der Waals surface area contributed by atoms with Crippen molar-refractivity contribution in [1.29, 1.82) is 0 Å². The summed E-state index contributed by atoms with van der Waals surface area (Å²) in [4.78, 5) is 14.3. The van der Waals surface area contributed by atoms with E-state index in [0.29, 0.717) is 16.9 Å². The Balaban J connectivity index is 2.15. The topological polar surface area (TPSA) is 40.5 Å². The first kappa shape index (κ1) is 16.8. The van der Waals surface area contributed by atoms with E-state index < -0.39 is 11.4 Å². The number of carbonyl (C=O) groups is 1. The molecule has 122 valence electrons. The van der Waals surface area contributed by atoms with E-state index in [0.717, 1.165) is 32.4 Å². The minimum atomic E-state index is -0.593. The maximum absolute atomic E-state index is 11.8. The minimum absolute atomic E-state index is 0.363. The first-order valence-corrected chi connectivity index (χ1v) is 8.57. The second-order valence-corrected chi connectivity index (χ2v) is 9.08. The molecular formula is C18H33NO2. The first-order chi connectivity index (χ1) is 9.59. The Morgan fingerprint density at radius 2 is 1.76 bits per heavy atom. The summed E-state index contributed by atoms with van der Waals surface area (Å²) in [5.74, 6) is -0.593. The lowest BCUT2D eigenvalue weighted by atomic mass is 9.63. The fourth-order valence-corrected chi connectivity index (χ4v) is 5.14. The molecule has 0 bridgehead atoms. The fourth-order valence-electron chi connectivity index (χ4n) is 5.14. The highest BCUT2D eigenvalue weighted by atomic mass is 16.4. The monoisotopic (exact) mass is 295 g/mol. The third-order valence-corrected chi connectivity index (χ3v) is 5.79. The predicted molar refractivity (Wildman–Crippen MR) is 86.4 cm³/mol. The van der Waals surface area contributed by atoms with Crippen molar-refractivity contribution in [2.24, 2.45) is 16.2 Å². The molecule has 1 aliphatic carbocycles. The average Bonchev–Trinajstić information content (AvgIpc) is 2.35. The van der Waals surface area contributed by atoms with Gasteiger partial charge in [0, 0.05) is 12.6 Å². The van der Waals surface area contributed by atoms with E-state index in [2.05, 4.69) is 32.6 Å². The number of carboxylic acids is 1. The van der Waals surface area contributed by atoms with Crippen molar-refractivity contribution in [2.45, 2.75) is 79.2 Å². The molecule has 0 spiro atoms. The summed E-state index contributed by atoms with van der Waals surface area (Å²) in [6.45, 7) is 13.3. The van der Waals surface area contributed by atoms with Gasteiger partial charge in [0.2, 0.25) is 0 Å².